The van der Waals surface area contributed by atoms with E-state index in [1.54, 1.807) is 0 Å². The van der Waals surface area contributed by atoms with Gasteiger partial charge in [-0.2, -0.15) is 0 Å². The number of halogens is 1. The molecule has 1 aromatic rings. The Kier molecular flexibility index (Phi) is 6.40. The van der Waals surface area contributed by atoms with Crippen LogP contribution in [-0.4, -0.2) is 17.0 Å². The molecule has 0 fully saturated rings. The highest BCUT2D eigenvalue weighted by Gasteiger charge is 2.23. The van der Waals surface area contributed by atoms with Crippen molar-refractivity contribution in [2.75, 3.05) is 16.4 Å². The second-order valence-electron chi connectivity index (χ2n) is 5.73. The minimum absolute atomic E-state index is 0.0347. The van der Waals surface area contributed by atoms with Gasteiger partial charge in [0.25, 0.3) is 0 Å². The molecule has 1 unspecified atom stereocenters. The number of hydrogen-bond acceptors (Lipinski definition) is 2. The Hall–Kier alpha value is -0.480. The summed E-state index contributed by atoms with van der Waals surface area (Å²) in [7, 11) is 0. The average molecular weight is 344 g/mol. The van der Waals surface area contributed by atoms with Crippen LogP contribution >= 0.6 is 27.7 Å². The summed E-state index contributed by atoms with van der Waals surface area (Å²) in [5.41, 5.74) is 1.16. The van der Waals surface area contributed by atoms with Crippen LogP contribution < -0.4 is 5.32 Å². The minimum Gasteiger partial charge on any atom is -0.326 e. The molecule has 0 bridgehead atoms. The van der Waals surface area contributed by atoms with Crippen LogP contribution in [-0.2, 0) is 4.79 Å². The van der Waals surface area contributed by atoms with Crippen LogP contribution in [0.3, 0.4) is 0 Å². The van der Waals surface area contributed by atoms with Crippen molar-refractivity contribution in [2.45, 2.75) is 32.6 Å². The van der Waals surface area contributed by atoms with Gasteiger partial charge in [-0.15, -0.1) is 11.8 Å². The first-order valence-electron chi connectivity index (χ1n) is 6.39. The van der Waals surface area contributed by atoms with Gasteiger partial charge >= 0.3 is 0 Å². The summed E-state index contributed by atoms with van der Waals surface area (Å²) < 4.78 is 0. The topological polar surface area (TPSA) is 29.1 Å². The van der Waals surface area contributed by atoms with E-state index < -0.39 is 0 Å². The van der Waals surface area contributed by atoms with Crippen molar-refractivity contribution in [1.82, 2.24) is 0 Å². The zero-order valence-electron chi connectivity index (χ0n) is 12.0. The van der Waals surface area contributed by atoms with Crippen LogP contribution in [0.1, 0.15) is 27.7 Å². The first kappa shape index (κ1) is 16.6. The molecular formula is C15H22BrNOS. The van der Waals surface area contributed by atoms with Gasteiger partial charge in [0.15, 0.2) is 0 Å². The van der Waals surface area contributed by atoms with Crippen LogP contribution in [0.15, 0.2) is 29.2 Å². The lowest BCUT2D eigenvalue weighted by Gasteiger charge is -2.28. The molecule has 0 heterocycles. The third kappa shape index (κ3) is 6.00. The summed E-state index contributed by atoms with van der Waals surface area (Å²) in [6, 6.07) is 8.02. The fraction of sp³-hybridized carbons (Fsp3) is 0.533. The van der Waals surface area contributed by atoms with Crippen molar-refractivity contribution >= 4 is 39.3 Å². The smallest absolute Gasteiger partial charge is 0.221 e. The van der Waals surface area contributed by atoms with Crippen molar-refractivity contribution in [2.24, 2.45) is 11.3 Å². The van der Waals surface area contributed by atoms with Gasteiger partial charge in [0, 0.05) is 28.6 Å². The van der Waals surface area contributed by atoms with Crippen molar-refractivity contribution in [3.63, 3.8) is 0 Å². The molecule has 1 rings (SSSR count). The van der Waals surface area contributed by atoms with Crippen molar-refractivity contribution in [1.29, 1.82) is 0 Å². The van der Waals surface area contributed by atoms with Gasteiger partial charge in [-0.05, 0) is 35.6 Å². The van der Waals surface area contributed by atoms with E-state index in [0.29, 0.717) is 11.3 Å². The molecule has 0 aliphatic rings. The van der Waals surface area contributed by atoms with Crippen molar-refractivity contribution in [3.8, 4) is 0 Å². The largest absolute Gasteiger partial charge is 0.326 e. The zero-order valence-corrected chi connectivity index (χ0v) is 14.4. The summed E-state index contributed by atoms with van der Waals surface area (Å²) in [6.07, 6.45) is 0. The molecule has 0 aliphatic heterocycles. The van der Waals surface area contributed by atoms with Gasteiger partial charge in [-0.25, -0.2) is 0 Å². The monoisotopic (exact) mass is 343 g/mol. The van der Waals surface area contributed by atoms with Crippen LogP contribution in [0.5, 0.6) is 0 Å². The second-order valence-corrected chi connectivity index (χ2v) is 7.47. The molecule has 0 aromatic heterocycles. The SMILES string of the molecule is CC(=O)Nc1ccc(SCC(CBr)C(C)(C)C)cc1. The maximum absolute atomic E-state index is 10.9. The number of anilines is 1. The van der Waals surface area contributed by atoms with E-state index in [9.17, 15) is 4.79 Å². The highest BCUT2D eigenvalue weighted by atomic mass is 79.9. The van der Waals surface area contributed by atoms with Gasteiger partial charge in [0.05, 0.1) is 0 Å². The number of amides is 1. The molecule has 106 valence electrons. The lowest BCUT2D eigenvalue weighted by Crippen LogP contribution is -2.23. The van der Waals surface area contributed by atoms with Gasteiger partial charge in [0.1, 0.15) is 0 Å². The molecule has 19 heavy (non-hydrogen) atoms. The first-order valence-corrected chi connectivity index (χ1v) is 8.50. The first-order chi connectivity index (χ1) is 8.82. The van der Waals surface area contributed by atoms with Crippen LogP contribution in [0, 0.1) is 11.3 Å². The van der Waals surface area contributed by atoms with Gasteiger partial charge < -0.3 is 5.32 Å². The van der Waals surface area contributed by atoms with E-state index in [1.165, 1.54) is 11.8 Å². The normalized spacial score (nSPS) is 13.1. The van der Waals surface area contributed by atoms with E-state index in [4.69, 9.17) is 0 Å². The summed E-state index contributed by atoms with van der Waals surface area (Å²) in [5, 5.41) is 3.80. The van der Waals surface area contributed by atoms with E-state index in [2.05, 4.69) is 54.2 Å². The molecular weight excluding hydrogens is 322 g/mol. The molecule has 1 atom stereocenters. The van der Waals surface area contributed by atoms with Gasteiger partial charge in [0.2, 0.25) is 5.91 Å². The number of alkyl halides is 1. The average Bonchev–Trinajstić information content (AvgIpc) is 2.29. The van der Waals surface area contributed by atoms with Crippen LogP contribution in [0.2, 0.25) is 0 Å². The lowest BCUT2D eigenvalue weighted by molar-refractivity contribution is -0.114. The number of carbonyl (C=O) groups excluding carboxylic acids is 1. The number of hydrogen-bond donors (Lipinski definition) is 1. The molecule has 0 saturated heterocycles. The van der Waals surface area contributed by atoms with E-state index in [-0.39, 0.29) is 5.91 Å². The third-order valence-electron chi connectivity index (χ3n) is 3.04. The Labute approximate surface area is 128 Å². The molecule has 0 spiro atoms. The Morgan fingerprint density at radius 3 is 2.32 bits per heavy atom. The van der Waals surface area contributed by atoms with Crippen molar-refractivity contribution in [3.05, 3.63) is 24.3 Å². The quantitative estimate of drug-likeness (QED) is 0.614. The molecule has 0 radical (unpaired) electrons. The molecule has 0 saturated carbocycles. The fourth-order valence-corrected chi connectivity index (χ4v) is 4.40. The molecule has 1 amide bonds. The Morgan fingerprint density at radius 2 is 1.89 bits per heavy atom. The minimum atomic E-state index is -0.0347. The number of thioether (sulfide) groups is 1. The lowest BCUT2D eigenvalue weighted by atomic mass is 9.83. The van der Waals surface area contributed by atoms with Crippen molar-refractivity contribution < 1.29 is 4.79 Å². The van der Waals surface area contributed by atoms with E-state index in [0.717, 1.165) is 16.8 Å². The highest BCUT2D eigenvalue weighted by Crippen LogP contribution is 2.33. The zero-order chi connectivity index (χ0) is 14.5. The molecule has 2 nitrogen and oxygen atoms in total. The van der Waals surface area contributed by atoms with Gasteiger partial charge in [-0.3, -0.25) is 4.79 Å². The summed E-state index contributed by atoms with van der Waals surface area (Å²) in [5.74, 6) is 1.69. The standard InChI is InChI=1S/C15H22BrNOS/c1-11(18)17-13-5-7-14(8-6-13)19-10-12(9-16)15(2,3)4/h5-8,12H,9-10H2,1-4H3,(H,17,18). The van der Waals surface area contributed by atoms with E-state index in [1.807, 2.05) is 23.9 Å². The summed E-state index contributed by atoms with van der Waals surface area (Å²) >= 11 is 5.47. The van der Waals surface area contributed by atoms with Crippen LogP contribution in [0.25, 0.3) is 0 Å². The maximum atomic E-state index is 10.9. The predicted octanol–water partition coefficient (Wildman–Crippen LogP) is 4.79. The number of benzene rings is 1. The highest BCUT2D eigenvalue weighted by molar-refractivity contribution is 9.09. The van der Waals surface area contributed by atoms with Gasteiger partial charge in [-0.1, -0.05) is 36.7 Å². The predicted molar refractivity (Wildman–Crippen MR) is 88.2 cm³/mol. The van der Waals surface area contributed by atoms with E-state index >= 15 is 0 Å². The Morgan fingerprint density at radius 1 is 1.32 bits per heavy atom. The number of rotatable bonds is 5. The molecule has 1 aromatic carbocycles. The summed E-state index contributed by atoms with van der Waals surface area (Å²) in [6.45, 7) is 8.35. The third-order valence-corrected chi connectivity index (χ3v) is 4.99. The Balaban J connectivity index is 2.56. The molecule has 4 heteroatoms. The number of carbonyl (C=O) groups is 1. The maximum Gasteiger partial charge on any atom is 0.221 e. The second kappa shape index (κ2) is 7.34. The summed E-state index contributed by atoms with van der Waals surface area (Å²) in [4.78, 5) is 12.2. The fourth-order valence-electron chi connectivity index (χ4n) is 1.56. The van der Waals surface area contributed by atoms with Crippen LogP contribution in [0.4, 0.5) is 5.69 Å². The number of nitrogens with one attached hydrogen (secondary N) is 1. The molecule has 0 aliphatic carbocycles. The molecule has 1 N–H and O–H groups in total. The Bertz CT molecular complexity index is 411.